The van der Waals surface area contributed by atoms with Gasteiger partial charge in [0.25, 0.3) is 0 Å². The van der Waals surface area contributed by atoms with E-state index < -0.39 is 6.10 Å². The van der Waals surface area contributed by atoms with Crippen molar-refractivity contribution >= 4 is 11.8 Å². The lowest BCUT2D eigenvalue weighted by Gasteiger charge is -2.09. The first-order chi connectivity index (χ1) is 4.26. The van der Waals surface area contributed by atoms with E-state index in [9.17, 15) is 5.11 Å². The number of hydrogen-bond acceptors (Lipinski definition) is 1. The van der Waals surface area contributed by atoms with Crippen molar-refractivity contribution in [2.24, 2.45) is 0 Å². The Morgan fingerprint density at radius 1 is 1.44 bits per heavy atom. The topological polar surface area (TPSA) is 19.9 Å². The Morgan fingerprint density at radius 3 is 2.11 bits per heavy atom. The third-order valence-corrected chi connectivity index (χ3v) is 2.07. The minimum Gasteiger partial charge on any atom is -0.227 e. The highest BCUT2D eigenvalue weighted by molar-refractivity contribution is 7.99. The molecule has 0 aromatic rings. The van der Waals surface area contributed by atoms with Crippen LogP contribution in [0.2, 0.25) is 0 Å². The molecule has 0 aromatic heterocycles. The third kappa shape index (κ3) is 2.72. The van der Waals surface area contributed by atoms with Gasteiger partial charge in [-0.25, -0.2) is 5.11 Å². The zero-order chi connectivity index (χ0) is 7.28. The molecule has 1 radical (unpaired) electrons. The minimum absolute atomic E-state index is 0.0255. The van der Waals surface area contributed by atoms with E-state index in [1.807, 2.05) is 6.26 Å². The van der Waals surface area contributed by atoms with Gasteiger partial charge in [-0.3, -0.25) is 0 Å². The summed E-state index contributed by atoms with van der Waals surface area (Å²) in [6.07, 6.45) is 4.24. The molecule has 0 N–H and O–H groups in total. The molecule has 0 saturated carbocycles. The van der Waals surface area contributed by atoms with Crippen LogP contribution in [-0.2, 0) is 5.11 Å². The highest BCUT2D eigenvalue weighted by Gasteiger charge is 2.10. The molecule has 1 nitrogen and oxygen atoms in total. The van der Waals surface area contributed by atoms with Crippen LogP contribution < -0.4 is 0 Å². The molecule has 0 saturated heterocycles. The molecule has 2 atom stereocenters. The molecular formula is C7H11OS. The molecule has 0 aliphatic heterocycles. The van der Waals surface area contributed by atoms with Gasteiger partial charge in [-0.1, -0.05) is 12.2 Å². The van der Waals surface area contributed by atoms with Gasteiger partial charge in [-0.15, -0.1) is 13.2 Å². The van der Waals surface area contributed by atoms with E-state index in [4.69, 9.17) is 0 Å². The molecule has 2 unspecified atom stereocenters. The van der Waals surface area contributed by atoms with Gasteiger partial charge in [0.2, 0.25) is 0 Å². The molecule has 0 fully saturated rings. The molecule has 9 heavy (non-hydrogen) atoms. The summed E-state index contributed by atoms with van der Waals surface area (Å²) in [4.78, 5) is 0. The van der Waals surface area contributed by atoms with E-state index in [1.54, 1.807) is 6.08 Å². The lowest BCUT2D eigenvalue weighted by molar-refractivity contribution is 0.137. The average molecular weight is 143 g/mol. The van der Waals surface area contributed by atoms with Gasteiger partial charge in [0, 0.05) is 0 Å². The summed E-state index contributed by atoms with van der Waals surface area (Å²) in [6, 6.07) is 0. The fourth-order valence-electron chi connectivity index (χ4n) is 0.499. The number of hydrogen-bond donors (Lipinski definition) is 0. The Bertz CT molecular complexity index is 101. The molecule has 0 amide bonds. The van der Waals surface area contributed by atoms with Crippen LogP contribution in [0.5, 0.6) is 0 Å². The zero-order valence-corrected chi connectivity index (χ0v) is 6.36. The Morgan fingerprint density at radius 2 is 2.00 bits per heavy atom. The van der Waals surface area contributed by atoms with Gasteiger partial charge in [0.15, 0.2) is 0 Å². The Balaban J connectivity index is 3.77. The van der Waals surface area contributed by atoms with Crippen LogP contribution in [0.15, 0.2) is 25.3 Å². The van der Waals surface area contributed by atoms with Gasteiger partial charge in [-0.05, 0) is 6.26 Å². The summed E-state index contributed by atoms with van der Waals surface area (Å²) in [5, 5.41) is 10.8. The van der Waals surface area contributed by atoms with Gasteiger partial charge >= 0.3 is 0 Å². The third-order valence-electron chi connectivity index (χ3n) is 1.06. The summed E-state index contributed by atoms with van der Waals surface area (Å²) in [5.41, 5.74) is 0. The highest BCUT2D eigenvalue weighted by Crippen LogP contribution is 2.12. The van der Waals surface area contributed by atoms with Crippen LogP contribution in [0, 0.1) is 0 Å². The van der Waals surface area contributed by atoms with Crippen molar-refractivity contribution < 1.29 is 5.11 Å². The largest absolute Gasteiger partial charge is 0.227 e. The normalized spacial score (nSPS) is 16.2. The Labute approximate surface area is 60.5 Å². The Kier molecular flexibility index (Phi) is 4.54. The summed E-state index contributed by atoms with van der Waals surface area (Å²) < 4.78 is 0. The van der Waals surface area contributed by atoms with Gasteiger partial charge < -0.3 is 0 Å². The van der Waals surface area contributed by atoms with E-state index in [2.05, 4.69) is 13.2 Å². The maximum atomic E-state index is 10.8. The smallest absolute Gasteiger partial charge is 0.126 e. The van der Waals surface area contributed by atoms with Crippen LogP contribution in [0.3, 0.4) is 0 Å². The van der Waals surface area contributed by atoms with Crippen LogP contribution >= 0.6 is 11.8 Å². The molecule has 51 valence electrons. The second-order valence-corrected chi connectivity index (χ2v) is 2.65. The predicted octanol–water partition coefficient (Wildman–Crippen LogP) is 1.89. The van der Waals surface area contributed by atoms with Crippen molar-refractivity contribution in [1.82, 2.24) is 0 Å². The second kappa shape index (κ2) is 4.65. The summed E-state index contributed by atoms with van der Waals surface area (Å²) >= 11 is 1.50. The molecule has 0 aliphatic rings. The van der Waals surface area contributed by atoms with Crippen LogP contribution in [0.4, 0.5) is 0 Å². The summed E-state index contributed by atoms with van der Waals surface area (Å²) in [6.45, 7) is 6.94. The highest BCUT2D eigenvalue weighted by atomic mass is 32.2. The van der Waals surface area contributed by atoms with Crippen LogP contribution in [-0.4, -0.2) is 17.6 Å². The maximum absolute atomic E-state index is 10.8. The van der Waals surface area contributed by atoms with Crippen molar-refractivity contribution in [3.8, 4) is 0 Å². The van der Waals surface area contributed by atoms with Crippen molar-refractivity contribution in [3.05, 3.63) is 25.3 Å². The molecule has 0 bridgehead atoms. The average Bonchev–Trinajstić information content (AvgIpc) is 1.90. The van der Waals surface area contributed by atoms with Crippen LogP contribution in [0.1, 0.15) is 0 Å². The standard InChI is InChI=1S/C7H11OS/c1-4-6(8)7(5-2)9-3/h4-7H,1-2H2,3H3. The maximum Gasteiger partial charge on any atom is 0.126 e. The number of thioether (sulfide) groups is 1. The van der Waals surface area contributed by atoms with E-state index in [1.165, 1.54) is 17.8 Å². The van der Waals surface area contributed by atoms with Crippen molar-refractivity contribution in [3.63, 3.8) is 0 Å². The van der Waals surface area contributed by atoms with E-state index in [0.29, 0.717) is 0 Å². The molecule has 0 spiro atoms. The SMILES string of the molecule is C=CC([O])C(C=C)SC. The molecule has 0 rings (SSSR count). The lowest BCUT2D eigenvalue weighted by Crippen LogP contribution is -2.15. The molecule has 0 aliphatic carbocycles. The van der Waals surface area contributed by atoms with Crippen molar-refractivity contribution in [2.75, 3.05) is 6.26 Å². The monoisotopic (exact) mass is 143 g/mol. The lowest BCUT2D eigenvalue weighted by atomic mass is 10.2. The second-order valence-electron chi connectivity index (χ2n) is 1.64. The van der Waals surface area contributed by atoms with E-state index >= 15 is 0 Å². The Hall–Kier alpha value is -0.210. The first-order valence-corrected chi connectivity index (χ1v) is 3.98. The van der Waals surface area contributed by atoms with Crippen LogP contribution in [0.25, 0.3) is 0 Å². The minimum atomic E-state index is -0.711. The first-order valence-electron chi connectivity index (χ1n) is 2.70. The van der Waals surface area contributed by atoms with Crippen molar-refractivity contribution in [1.29, 1.82) is 0 Å². The fraction of sp³-hybridized carbons (Fsp3) is 0.429. The summed E-state index contributed by atoms with van der Waals surface area (Å²) in [7, 11) is 0. The quantitative estimate of drug-likeness (QED) is 0.550. The molecule has 0 heterocycles. The molecule has 2 heteroatoms. The van der Waals surface area contributed by atoms with Crippen molar-refractivity contribution in [2.45, 2.75) is 11.4 Å². The molecule has 0 aromatic carbocycles. The first kappa shape index (κ1) is 8.79. The fourth-order valence-corrected chi connectivity index (χ4v) is 1.07. The van der Waals surface area contributed by atoms with Gasteiger partial charge in [-0.2, -0.15) is 11.8 Å². The van der Waals surface area contributed by atoms with Gasteiger partial charge in [0.05, 0.1) is 5.25 Å². The molecular weight excluding hydrogens is 132 g/mol. The van der Waals surface area contributed by atoms with E-state index in [-0.39, 0.29) is 5.25 Å². The van der Waals surface area contributed by atoms with E-state index in [0.717, 1.165) is 0 Å². The zero-order valence-electron chi connectivity index (χ0n) is 5.54. The van der Waals surface area contributed by atoms with Gasteiger partial charge in [0.1, 0.15) is 6.10 Å². The number of rotatable bonds is 4. The predicted molar refractivity (Wildman–Crippen MR) is 42.2 cm³/mol. The summed E-state index contributed by atoms with van der Waals surface area (Å²) in [5.74, 6) is 0.